The van der Waals surface area contributed by atoms with Crippen LogP contribution in [-0.4, -0.2) is 25.4 Å². The molecule has 2 aromatic rings. The number of rotatable bonds is 7. The molecule has 0 aliphatic rings. The maximum absolute atomic E-state index is 12.5. The summed E-state index contributed by atoms with van der Waals surface area (Å²) >= 11 is 0. The molecule has 0 spiro atoms. The highest BCUT2D eigenvalue weighted by Gasteiger charge is 2.13. The molecule has 0 bridgehead atoms. The minimum absolute atomic E-state index is 0.0751. The molecule has 0 saturated carbocycles. The van der Waals surface area contributed by atoms with Crippen molar-refractivity contribution in [1.29, 1.82) is 0 Å². The summed E-state index contributed by atoms with van der Waals surface area (Å²) in [5.74, 6) is 0.769. The van der Waals surface area contributed by atoms with E-state index in [0.717, 1.165) is 6.42 Å². The van der Waals surface area contributed by atoms with Gasteiger partial charge in [-0.25, -0.2) is 0 Å². The molecular formula is C19H21NO4. The van der Waals surface area contributed by atoms with Crippen LogP contribution in [0.2, 0.25) is 0 Å². The Bertz CT molecular complexity index is 740. The van der Waals surface area contributed by atoms with E-state index in [0.29, 0.717) is 34.9 Å². The lowest BCUT2D eigenvalue weighted by Crippen LogP contribution is -2.14. The van der Waals surface area contributed by atoms with Gasteiger partial charge < -0.3 is 14.8 Å². The van der Waals surface area contributed by atoms with Gasteiger partial charge in [0.15, 0.2) is 5.78 Å². The van der Waals surface area contributed by atoms with E-state index < -0.39 is 0 Å². The lowest BCUT2D eigenvalue weighted by Gasteiger charge is -2.13. The van der Waals surface area contributed by atoms with Crippen LogP contribution in [0.1, 0.15) is 41.0 Å². The first-order valence-corrected chi connectivity index (χ1v) is 7.78. The third-order valence-electron chi connectivity index (χ3n) is 3.43. The first-order chi connectivity index (χ1) is 11.5. The van der Waals surface area contributed by atoms with Gasteiger partial charge in [0.05, 0.1) is 19.4 Å². The molecule has 5 nitrogen and oxygen atoms in total. The Kier molecular flexibility index (Phi) is 5.95. The fraction of sp³-hybridized carbons (Fsp3) is 0.263. The number of carbonyl (C=O) groups is 2. The highest BCUT2D eigenvalue weighted by atomic mass is 16.5. The van der Waals surface area contributed by atoms with Crippen molar-refractivity contribution < 1.29 is 19.1 Å². The van der Waals surface area contributed by atoms with E-state index in [-0.39, 0.29) is 11.7 Å². The monoisotopic (exact) mass is 327 g/mol. The number of hydrogen-bond donors (Lipinski definition) is 1. The molecule has 5 heteroatoms. The van der Waals surface area contributed by atoms with Gasteiger partial charge in [-0.15, -0.1) is 0 Å². The molecule has 126 valence electrons. The van der Waals surface area contributed by atoms with E-state index in [2.05, 4.69) is 5.32 Å². The highest BCUT2D eigenvalue weighted by Crippen LogP contribution is 2.27. The molecule has 1 amide bonds. The zero-order valence-corrected chi connectivity index (χ0v) is 14.1. The van der Waals surface area contributed by atoms with Crippen LogP contribution >= 0.6 is 0 Å². The highest BCUT2D eigenvalue weighted by molar-refractivity contribution is 6.06. The van der Waals surface area contributed by atoms with E-state index in [1.165, 1.54) is 6.92 Å². The summed E-state index contributed by atoms with van der Waals surface area (Å²) in [6, 6.07) is 11.9. The summed E-state index contributed by atoms with van der Waals surface area (Å²) in [5, 5.41) is 2.81. The molecular weight excluding hydrogens is 306 g/mol. The molecule has 2 rings (SSSR count). The quantitative estimate of drug-likeness (QED) is 0.782. The number of hydrogen-bond acceptors (Lipinski definition) is 4. The third-order valence-corrected chi connectivity index (χ3v) is 3.43. The summed E-state index contributed by atoms with van der Waals surface area (Å²) in [5.41, 5.74) is 1.45. The molecule has 2 aromatic carbocycles. The fourth-order valence-corrected chi connectivity index (χ4v) is 2.14. The average Bonchev–Trinajstić information content (AvgIpc) is 2.60. The van der Waals surface area contributed by atoms with Crippen molar-refractivity contribution >= 4 is 17.4 Å². The third kappa shape index (κ3) is 4.35. The van der Waals surface area contributed by atoms with Crippen LogP contribution in [0.5, 0.6) is 11.5 Å². The van der Waals surface area contributed by atoms with Crippen molar-refractivity contribution in [2.75, 3.05) is 19.0 Å². The SMILES string of the molecule is CCCOc1ccc(C(C)=O)cc1NC(=O)c1cccc(OC)c1. The number of anilines is 1. The second-order valence-corrected chi connectivity index (χ2v) is 5.30. The van der Waals surface area contributed by atoms with Gasteiger partial charge in [-0.2, -0.15) is 0 Å². The van der Waals surface area contributed by atoms with E-state index in [9.17, 15) is 9.59 Å². The van der Waals surface area contributed by atoms with Crippen LogP contribution in [0.15, 0.2) is 42.5 Å². The van der Waals surface area contributed by atoms with Crippen LogP contribution in [0.3, 0.4) is 0 Å². The van der Waals surface area contributed by atoms with Crippen LogP contribution in [-0.2, 0) is 0 Å². The molecule has 0 aromatic heterocycles. The van der Waals surface area contributed by atoms with Gasteiger partial charge in [0.25, 0.3) is 5.91 Å². The predicted molar refractivity (Wildman–Crippen MR) is 93.2 cm³/mol. The van der Waals surface area contributed by atoms with Crippen molar-refractivity contribution in [3.8, 4) is 11.5 Å². The zero-order valence-electron chi connectivity index (χ0n) is 14.1. The molecule has 0 saturated heterocycles. The van der Waals surface area contributed by atoms with E-state index >= 15 is 0 Å². The standard InChI is InChI=1S/C19H21NO4/c1-4-10-24-18-9-8-14(13(2)21)12-17(18)20-19(22)15-6-5-7-16(11-15)23-3/h5-9,11-12H,4,10H2,1-3H3,(H,20,22). The van der Waals surface area contributed by atoms with Gasteiger partial charge in [0.2, 0.25) is 0 Å². The van der Waals surface area contributed by atoms with E-state index in [1.54, 1.807) is 49.6 Å². The number of ether oxygens (including phenoxy) is 2. The second kappa shape index (κ2) is 8.15. The van der Waals surface area contributed by atoms with E-state index in [4.69, 9.17) is 9.47 Å². The molecule has 0 heterocycles. The van der Waals surface area contributed by atoms with Crippen LogP contribution in [0.4, 0.5) is 5.69 Å². The number of Topliss-reactive ketones (excluding diaryl/α,β-unsaturated/α-hetero) is 1. The van der Waals surface area contributed by atoms with Crippen LogP contribution in [0.25, 0.3) is 0 Å². The van der Waals surface area contributed by atoms with Gasteiger partial charge in [-0.1, -0.05) is 13.0 Å². The number of carbonyl (C=O) groups excluding carboxylic acids is 2. The Morgan fingerprint density at radius 2 is 1.88 bits per heavy atom. The summed E-state index contributed by atoms with van der Waals surface area (Å²) < 4.78 is 10.8. The second-order valence-electron chi connectivity index (χ2n) is 5.30. The maximum Gasteiger partial charge on any atom is 0.255 e. The number of benzene rings is 2. The molecule has 24 heavy (non-hydrogen) atoms. The van der Waals surface area contributed by atoms with Crippen molar-refractivity contribution in [3.63, 3.8) is 0 Å². The van der Waals surface area contributed by atoms with Crippen LogP contribution < -0.4 is 14.8 Å². The largest absolute Gasteiger partial charge is 0.497 e. The molecule has 0 fully saturated rings. The first-order valence-electron chi connectivity index (χ1n) is 7.78. The van der Waals surface area contributed by atoms with Gasteiger partial charge in [-0.3, -0.25) is 9.59 Å². The summed E-state index contributed by atoms with van der Waals surface area (Å²) in [6.45, 7) is 4.01. The Morgan fingerprint density at radius 3 is 2.54 bits per heavy atom. The molecule has 0 atom stereocenters. The van der Waals surface area contributed by atoms with Crippen LogP contribution in [0, 0.1) is 0 Å². The lowest BCUT2D eigenvalue weighted by atomic mass is 10.1. The minimum Gasteiger partial charge on any atom is -0.497 e. The Morgan fingerprint density at radius 1 is 1.08 bits per heavy atom. The maximum atomic E-state index is 12.5. The van der Waals surface area contributed by atoms with Crippen molar-refractivity contribution in [3.05, 3.63) is 53.6 Å². The molecule has 0 aliphatic heterocycles. The average molecular weight is 327 g/mol. The smallest absolute Gasteiger partial charge is 0.255 e. The first kappa shape index (κ1) is 17.5. The molecule has 0 aliphatic carbocycles. The number of nitrogens with one attached hydrogen (secondary N) is 1. The predicted octanol–water partition coefficient (Wildman–Crippen LogP) is 3.94. The summed E-state index contributed by atoms with van der Waals surface area (Å²) in [6.07, 6.45) is 0.845. The number of amides is 1. The Labute approximate surface area is 141 Å². The number of methoxy groups -OCH3 is 1. The zero-order chi connectivity index (χ0) is 17.5. The van der Waals surface area contributed by atoms with Crippen molar-refractivity contribution in [1.82, 2.24) is 0 Å². The van der Waals surface area contributed by atoms with Gasteiger partial charge in [0, 0.05) is 11.1 Å². The van der Waals surface area contributed by atoms with Gasteiger partial charge in [0.1, 0.15) is 11.5 Å². The summed E-state index contributed by atoms with van der Waals surface area (Å²) in [4.78, 5) is 24.1. The normalized spacial score (nSPS) is 10.1. The Balaban J connectivity index is 2.29. The molecule has 1 N–H and O–H groups in total. The fourth-order valence-electron chi connectivity index (χ4n) is 2.14. The molecule has 0 radical (unpaired) electrons. The summed E-state index contributed by atoms with van der Waals surface area (Å²) in [7, 11) is 1.55. The van der Waals surface area contributed by atoms with E-state index in [1.807, 2.05) is 6.92 Å². The lowest BCUT2D eigenvalue weighted by molar-refractivity contribution is 0.101. The minimum atomic E-state index is -0.295. The topological polar surface area (TPSA) is 64.6 Å². The van der Waals surface area contributed by atoms with Gasteiger partial charge >= 0.3 is 0 Å². The Hall–Kier alpha value is -2.82. The molecule has 0 unspecified atom stereocenters. The number of ketones is 1. The van der Waals surface area contributed by atoms with Gasteiger partial charge in [-0.05, 0) is 49.7 Å². The van der Waals surface area contributed by atoms with Crippen molar-refractivity contribution in [2.45, 2.75) is 20.3 Å². The van der Waals surface area contributed by atoms with Crippen molar-refractivity contribution in [2.24, 2.45) is 0 Å².